The maximum absolute atomic E-state index is 12.4. The molecule has 0 unspecified atom stereocenters. The molecule has 1 aliphatic rings. The van der Waals surface area contributed by atoms with Gasteiger partial charge in [-0.3, -0.25) is 14.5 Å². The first kappa shape index (κ1) is 17.2. The molecule has 1 aliphatic heterocycles. The average molecular weight is 358 g/mol. The van der Waals surface area contributed by atoms with Crippen LogP contribution in [0.15, 0.2) is 67.1 Å². The van der Waals surface area contributed by atoms with E-state index in [1.165, 1.54) is 5.56 Å². The zero-order chi connectivity index (χ0) is 18.5. The van der Waals surface area contributed by atoms with E-state index in [1.54, 1.807) is 18.5 Å². The molecule has 0 N–H and O–H groups in total. The quantitative estimate of drug-likeness (QED) is 0.655. The number of pyridine rings is 1. The lowest BCUT2D eigenvalue weighted by Gasteiger charge is -2.11. The predicted molar refractivity (Wildman–Crippen MR) is 106 cm³/mol. The molecule has 0 atom stereocenters. The standard InChI is InChI=1S/C22H22N4O/c27-21(25-13-4-5-14-25)11-10-20-17-26(16-18-7-2-1-3-8-18)24-22(20)19-9-6-12-23-15-19/h1-3,6-12,15,17H,4-5,13-14,16H2/b11-10+. The van der Waals surface area contributed by atoms with E-state index in [0.29, 0.717) is 6.54 Å². The van der Waals surface area contributed by atoms with E-state index in [4.69, 9.17) is 5.10 Å². The van der Waals surface area contributed by atoms with Crippen molar-refractivity contribution in [3.05, 3.63) is 78.3 Å². The van der Waals surface area contributed by atoms with E-state index in [2.05, 4.69) is 17.1 Å². The molecule has 5 heteroatoms. The first-order valence-electron chi connectivity index (χ1n) is 9.28. The first-order chi connectivity index (χ1) is 13.3. The SMILES string of the molecule is O=C(/C=C/c1cn(Cc2ccccc2)nc1-c1cccnc1)N1CCCC1. The molecule has 4 rings (SSSR count). The van der Waals surface area contributed by atoms with Crippen LogP contribution in [0.1, 0.15) is 24.0 Å². The van der Waals surface area contributed by atoms with Gasteiger partial charge >= 0.3 is 0 Å². The van der Waals surface area contributed by atoms with Crippen LogP contribution < -0.4 is 0 Å². The topological polar surface area (TPSA) is 51.0 Å². The molecule has 0 saturated carbocycles. The Morgan fingerprint density at radius 2 is 1.89 bits per heavy atom. The highest BCUT2D eigenvalue weighted by Gasteiger charge is 2.16. The summed E-state index contributed by atoms with van der Waals surface area (Å²) in [5.41, 5.74) is 3.88. The van der Waals surface area contributed by atoms with E-state index >= 15 is 0 Å². The number of hydrogen-bond acceptors (Lipinski definition) is 3. The lowest BCUT2D eigenvalue weighted by atomic mass is 10.1. The number of amides is 1. The first-order valence-corrected chi connectivity index (χ1v) is 9.28. The molecule has 5 nitrogen and oxygen atoms in total. The molecule has 1 aromatic carbocycles. The zero-order valence-corrected chi connectivity index (χ0v) is 15.2. The highest BCUT2D eigenvalue weighted by molar-refractivity contribution is 5.93. The molecule has 0 spiro atoms. The van der Waals surface area contributed by atoms with Crippen LogP contribution in [0.25, 0.3) is 17.3 Å². The van der Waals surface area contributed by atoms with Crippen LogP contribution in [-0.2, 0) is 11.3 Å². The number of aromatic nitrogens is 3. The molecule has 0 aliphatic carbocycles. The van der Waals surface area contributed by atoms with Gasteiger partial charge in [0.15, 0.2) is 0 Å². The van der Waals surface area contributed by atoms with Gasteiger partial charge in [0.1, 0.15) is 5.69 Å². The van der Waals surface area contributed by atoms with E-state index in [1.807, 2.05) is 52.2 Å². The van der Waals surface area contributed by atoms with Gasteiger partial charge < -0.3 is 4.90 Å². The number of carbonyl (C=O) groups is 1. The molecule has 1 saturated heterocycles. The fraction of sp³-hybridized carbons (Fsp3) is 0.227. The van der Waals surface area contributed by atoms with Gasteiger partial charge in [-0.15, -0.1) is 0 Å². The summed E-state index contributed by atoms with van der Waals surface area (Å²) in [5, 5.41) is 4.75. The van der Waals surface area contributed by atoms with Crippen LogP contribution in [0.2, 0.25) is 0 Å². The van der Waals surface area contributed by atoms with E-state index in [-0.39, 0.29) is 5.91 Å². The molecular weight excluding hydrogens is 336 g/mol. The summed E-state index contributed by atoms with van der Waals surface area (Å²) >= 11 is 0. The van der Waals surface area contributed by atoms with Crippen molar-refractivity contribution in [2.45, 2.75) is 19.4 Å². The van der Waals surface area contributed by atoms with Crippen molar-refractivity contribution in [1.29, 1.82) is 0 Å². The van der Waals surface area contributed by atoms with Gasteiger partial charge in [-0.25, -0.2) is 0 Å². The summed E-state index contributed by atoms with van der Waals surface area (Å²) in [6.45, 7) is 2.39. The molecule has 27 heavy (non-hydrogen) atoms. The van der Waals surface area contributed by atoms with Gasteiger partial charge in [0, 0.05) is 48.9 Å². The van der Waals surface area contributed by atoms with Crippen molar-refractivity contribution in [1.82, 2.24) is 19.7 Å². The van der Waals surface area contributed by atoms with Crippen molar-refractivity contribution in [3.63, 3.8) is 0 Å². The van der Waals surface area contributed by atoms with E-state index in [0.717, 1.165) is 42.8 Å². The molecule has 1 amide bonds. The molecular formula is C22H22N4O. The number of nitrogens with zero attached hydrogens (tertiary/aromatic N) is 4. The van der Waals surface area contributed by atoms with Crippen LogP contribution in [0.3, 0.4) is 0 Å². The zero-order valence-electron chi connectivity index (χ0n) is 15.2. The highest BCUT2D eigenvalue weighted by Crippen LogP contribution is 2.23. The molecule has 0 bridgehead atoms. The van der Waals surface area contributed by atoms with Gasteiger partial charge in [-0.05, 0) is 36.6 Å². The number of rotatable bonds is 5. The Balaban J connectivity index is 1.62. The Morgan fingerprint density at radius 3 is 2.63 bits per heavy atom. The summed E-state index contributed by atoms with van der Waals surface area (Å²) in [7, 11) is 0. The largest absolute Gasteiger partial charge is 0.339 e. The summed E-state index contributed by atoms with van der Waals surface area (Å²) < 4.78 is 1.91. The Bertz CT molecular complexity index is 925. The predicted octanol–water partition coefficient (Wildman–Crippen LogP) is 3.63. The monoisotopic (exact) mass is 358 g/mol. The van der Waals surface area contributed by atoms with Crippen LogP contribution in [-0.4, -0.2) is 38.7 Å². The minimum Gasteiger partial charge on any atom is -0.339 e. The fourth-order valence-electron chi connectivity index (χ4n) is 3.34. The van der Waals surface area contributed by atoms with Crippen LogP contribution in [0.4, 0.5) is 0 Å². The van der Waals surface area contributed by atoms with Crippen molar-refractivity contribution in [3.8, 4) is 11.3 Å². The number of carbonyl (C=O) groups excluding carboxylic acids is 1. The maximum atomic E-state index is 12.4. The van der Waals surface area contributed by atoms with Gasteiger partial charge in [0.05, 0.1) is 6.54 Å². The summed E-state index contributed by atoms with van der Waals surface area (Å²) in [6, 6.07) is 14.1. The van der Waals surface area contributed by atoms with Gasteiger partial charge in [0.25, 0.3) is 0 Å². The van der Waals surface area contributed by atoms with Gasteiger partial charge in [-0.2, -0.15) is 5.10 Å². The Morgan fingerprint density at radius 1 is 1.07 bits per heavy atom. The highest BCUT2D eigenvalue weighted by atomic mass is 16.2. The average Bonchev–Trinajstić information content (AvgIpc) is 3.38. The third kappa shape index (κ3) is 4.14. The van der Waals surface area contributed by atoms with Gasteiger partial charge in [-0.1, -0.05) is 30.3 Å². The molecule has 136 valence electrons. The summed E-state index contributed by atoms with van der Waals surface area (Å²) in [6.07, 6.45) is 11.3. The number of likely N-dealkylation sites (tertiary alicyclic amines) is 1. The maximum Gasteiger partial charge on any atom is 0.246 e. The lowest BCUT2D eigenvalue weighted by molar-refractivity contribution is -0.124. The Labute approximate surface area is 159 Å². The van der Waals surface area contributed by atoms with Crippen molar-refractivity contribution in [2.24, 2.45) is 0 Å². The Hall–Kier alpha value is -3.21. The van der Waals surface area contributed by atoms with Crippen LogP contribution in [0, 0.1) is 0 Å². The van der Waals surface area contributed by atoms with Crippen molar-refractivity contribution < 1.29 is 4.79 Å². The smallest absolute Gasteiger partial charge is 0.246 e. The molecule has 2 aromatic heterocycles. The minimum atomic E-state index is 0.0699. The molecule has 1 fully saturated rings. The van der Waals surface area contributed by atoms with Crippen molar-refractivity contribution >= 4 is 12.0 Å². The molecule has 3 heterocycles. The second kappa shape index (κ2) is 7.99. The lowest BCUT2D eigenvalue weighted by Crippen LogP contribution is -2.25. The fourth-order valence-corrected chi connectivity index (χ4v) is 3.34. The van der Waals surface area contributed by atoms with Crippen LogP contribution in [0.5, 0.6) is 0 Å². The second-order valence-electron chi connectivity index (χ2n) is 6.72. The van der Waals surface area contributed by atoms with Gasteiger partial charge in [0.2, 0.25) is 5.91 Å². The van der Waals surface area contributed by atoms with E-state index in [9.17, 15) is 4.79 Å². The van der Waals surface area contributed by atoms with Crippen molar-refractivity contribution in [2.75, 3.05) is 13.1 Å². The molecule has 0 radical (unpaired) electrons. The third-order valence-corrected chi connectivity index (χ3v) is 4.74. The van der Waals surface area contributed by atoms with Crippen LogP contribution >= 0.6 is 0 Å². The number of benzene rings is 1. The minimum absolute atomic E-state index is 0.0699. The third-order valence-electron chi connectivity index (χ3n) is 4.74. The normalized spacial score (nSPS) is 14.1. The summed E-state index contributed by atoms with van der Waals surface area (Å²) in [5.74, 6) is 0.0699. The molecule has 3 aromatic rings. The second-order valence-corrected chi connectivity index (χ2v) is 6.72. The Kier molecular flexibility index (Phi) is 5.10. The van der Waals surface area contributed by atoms with E-state index < -0.39 is 0 Å². The summed E-state index contributed by atoms with van der Waals surface area (Å²) in [4.78, 5) is 18.5. The number of hydrogen-bond donors (Lipinski definition) is 0.